The lowest BCUT2D eigenvalue weighted by atomic mass is 10.1. The number of hydrogen-bond donors (Lipinski definition) is 0. The first-order valence-corrected chi connectivity index (χ1v) is 10.2. The minimum Gasteiger partial charge on any atom is -0.466 e. The molecule has 3 nitrogen and oxygen atoms in total. The van der Waals surface area contributed by atoms with E-state index in [9.17, 15) is 4.79 Å². The Labute approximate surface area is 116 Å². The smallest absolute Gasteiger partial charge is 0.312 e. The lowest BCUT2D eigenvalue weighted by Gasteiger charge is -2.27. The van der Waals surface area contributed by atoms with Gasteiger partial charge in [0.05, 0.1) is 18.1 Å². The zero-order valence-corrected chi connectivity index (χ0v) is 13.1. The third kappa shape index (κ3) is 3.07. The van der Waals surface area contributed by atoms with Gasteiger partial charge in [-0.1, -0.05) is 30.3 Å². The molecule has 2 unspecified atom stereocenters. The predicted molar refractivity (Wildman–Crippen MR) is 77.3 cm³/mol. The molecule has 0 N–H and O–H groups in total. The second kappa shape index (κ2) is 5.10. The Hall–Kier alpha value is -1.13. The second-order valence-corrected chi connectivity index (χ2v) is 10.4. The van der Waals surface area contributed by atoms with Crippen LogP contribution in [0.5, 0.6) is 0 Å². The zero-order chi connectivity index (χ0) is 14.1. The normalized spacial score (nSPS) is 26.0. The van der Waals surface area contributed by atoms with E-state index in [0.29, 0.717) is 6.61 Å². The van der Waals surface area contributed by atoms with Crippen LogP contribution in [-0.4, -0.2) is 20.9 Å². The van der Waals surface area contributed by atoms with Crippen LogP contribution >= 0.6 is 0 Å². The number of hydrogen-bond acceptors (Lipinski definition) is 3. The number of esters is 1. The molecule has 0 aromatic heterocycles. The van der Waals surface area contributed by atoms with E-state index in [1.807, 2.05) is 37.3 Å². The lowest BCUT2D eigenvalue weighted by Crippen LogP contribution is -2.34. The number of ether oxygens (including phenoxy) is 1. The summed E-state index contributed by atoms with van der Waals surface area (Å²) in [5, 5.41) is 0. The zero-order valence-electron chi connectivity index (χ0n) is 12.1. The third-order valence-corrected chi connectivity index (χ3v) is 4.21. The summed E-state index contributed by atoms with van der Waals surface area (Å²) >= 11 is 0. The topological polar surface area (TPSA) is 35.5 Å². The highest BCUT2D eigenvalue weighted by Gasteiger charge is 2.62. The van der Waals surface area contributed by atoms with Crippen molar-refractivity contribution >= 4 is 14.3 Å². The van der Waals surface area contributed by atoms with Gasteiger partial charge in [0.25, 0.3) is 0 Å². The molecule has 1 aliphatic rings. The first kappa shape index (κ1) is 14.3. The van der Waals surface area contributed by atoms with E-state index in [4.69, 9.17) is 9.16 Å². The standard InChI is InChI=1S/C15H22O3Si/c1-5-17-14(16)13-11-15(13,18-19(2,3)4)12-9-7-6-8-10-12/h6-10,13H,5,11H2,1-4H3. The van der Waals surface area contributed by atoms with Crippen molar-refractivity contribution in [2.75, 3.05) is 6.61 Å². The Balaban J connectivity index is 2.25. The summed E-state index contributed by atoms with van der Waals surface area (Å²) in [5.74, 6) is -0.286. The molecule has 0 bridgehead atoms. The molecular weight excluding hydrogens is 256 g/mol. The minimum absolute atomic E-state index is 0.135. The second-order valence-electron chi connectivity index (χ2n) is 5.98. The summed E-state index contributed by atoms with van der Waals surface area (Å²) in [7, 11) is -1.73. The summed E-state index contributed by atoms with van der Waals surface area (Å²) in [6, 6.07) is 10.0. The van der Waals surface area contributed by atoms with Crippen LogP contribution in [0.25, 0.3) is 0 Å². The number of benzene rings is 1. The maximum absolute atomic E-state index is 12.0. The van der Waals surface area contributed by atoms with E-state index in [2.05, 4.69) is 19.6 Å². The summed E-state index contributed by atoms with van der Waals surface area (Å²) in [6.45, 7) is 8.71. The summed E-state index contributed by atoms with van der Waals surface area (Å²) in [5.41, 5.74) is 0.647. The molecule has 19 heavy (non-hydrogen) atoms. The molecule has 1 aromatic carbocycles. The van der Waals surface area contributed by atoms with Gasteiger partial charge in [0, 0.05) is 0 Å². The van der Waals surface area contributed by atoms with E-state index in [1.165, 1.54) is 0 Å². The molecule has 0 amide bonds. The monoisotopic (exact) mass is 278 g/mol. The Morgan fingerprint density at radius 2 is 1.95 bits per heavy atom. The van der Waals surface area contributed by atoms with Gasteiger partial charge in [0.1, 0.15) is 0 Å². The highest BCUT2D eigenvalue weighted by Crippen LogP contribution is 2.57. The minimum atomic E-state index is -1.73. The maximum atomic E-state index is 12.0. The molecule has 1 aromatic rings. The molecule has 104 valence electrons. The maximum Gasteiger partial charge on any atom is 0.312 e. The number of carbonyl (C=O) groups excluding carboxylic acids is 1. The van der Waals surface area contributed by atoms with Crippen molar-refractivity contribution in [2.45, 2.75) is 38.6 Å². The SMILES string of the molecule is CCOC(=O)C1CC1(O[Si](C)(C)C)c1ccccc1. The largest absolute Gasteiger partial charge is 0.466 e. The van der Waals surface area contributed by atoms with Gasteiger partial charge in [-0.2, -0.15) is 0 Å². The van der Waals surface area contributed by atoms with Gasteiger partial charge in [-0.15, -0.1) is 0 Å². The first-order chi connectivity index (χ1) is 8.89. The van der Waals surface area contributed by atoms with Gasteiger partial charge < -0.3 is 9.16 Å². The predicted octanol–water partition coefficient (Wildman–Crippen LogP) is 3.32. The molecule has 0 saturated heterocycles. The molecular formula is C15H22O3Si. The van der Waals surface area contributed by atoms with Crippen molar-refractivity contribution in [3.05, 3.63) is 35.9 Å². The fourth-order valence-corrected chi connectivity index (χ4v) is 3.95. The molecule has 2 rings (SSSR count). The molecule has 0 spiro atoms. The van der Waals surface area contributed by atoms with Crippen molar-refractivity contribution in [3.63, 3.8) is 0 Å². The van der Waals surface area contributed by atoms with Gasteiger partial charge in [0.15, 0.2) is 8.32 Å². The third-order valence-electron chi connectivity index (χ3n) is 3.23. The lowest BCUT2D eigenvalue weighted by molar-refractivity contribution is -0.146. The molecule has 0 radical (unpaired) electrons. The van der Waals surface area contributed by atoms with E-state index in [1.54, 1.807) is 0 Å². The molecule has 2 atom stereocenters. The van der Waals surface area contributed by atoms with Crippen LogP contribution < -0.4 is 0 Å². The Bertz CT molecular complexity index is 452. The van der Waals surface area contributed by atoms with Crippen LogP contribution in [0.3, 0.4) is 0 Å². The van der Waals surface area contributed by atoms with Gasteiger partial charge in [0.2, 0.25) is 0 Å². The highest BCUT2D eigenvalue weighted by atomic mass is 28.4. The fraction of sp³-hybridized carbons (Fsp3) is 0.533. The van der Waals surface area contributed by atoms with Crippen LogP contribution in [-0.2, 0) is 19.6 Å². The molecule has 4 heteroatoms. The Morgan fingerprint density at radius 1 is 1.32 bits per heavy atom. The summed E-state index contributed by atoms with van der Waals surface area (Å²) < 4.78 is 11.5. The van der Waals surface area contributed by atoms with Gasteiger partial charge in [-0.05, 0) is 38.5 Å². The Kier molecular flexibility index (Phi) is 3.83. The first-order valence-electron chi connectivity index (χ1n) is 6.81. The molecule has 1 fully saturated rings. The van der Waals surface area contributed by atoms with Crippen molar-refractivity contribution < 1.29 is 14.0 Å². The van der Waals surface area contributed by atoms with Crippen LogP contribution in [0.2, 0.25) is 19.6 Å². The van der Waals surface area contributed by atoms with Crippen molar-refractivity contribution in [1.29, 1.82) is 0 Å². The Morgan fingerprint density at radius 3 is 2.47 bits per heavy atom. The van der Waals surface area contributed by atoms with Crippen LogP contribution in [0, 0.1) is 5.92 Å². The van der Waals surface area contributed by atoms with E-state index >= 15 is 0 Å². The quantitative estimate of drug-likeness (QED) is 0.612. The summed E-state index contributed by atoms with van der Waals surface area (Å²) in [6.07, 6.45) is 0.736. The van der Waals surface area contributed by atoms with Crippen molar-refractivity contribution in [1.82, 2.24) is 0 Å². The van der Waals surface area contributed by atoms with Gasteiger partial charge in [-0.3, -0.25) is 4.79 Å². The van der Waals surface area contributed by atoms with E-state index in [0.717, 1.165) is 12.0 Å². The fourth-order valence-electron chi connectivity index (χ4n) is 2.52. The molecule has 1 aliphatic carbocycles. The van der Waals surface area contributed by atoms with Crippen LogP contribution in [0.1, 0.15) is 18.9 Å². The van der Waals surface area contributed by atoms with Crippen LogP contribution in [0.15, 0.2) is 30.3 Å². The summed E-state index contributed by atoms with van der Waals surface area (Å²) in [4.78, 5) is 12.0. The van der Waals surface area contributed by atoms with Gasteiger partial charge >= 0.3 is 5.97 Å². The van der Waals surface area contributed by atoms with E-state index < -0.39 is 13.9 Å². The molecule has 1 saturated carbocycles. The average Bonchev–Trinajstić information content (AvgIpc) is 3.04. The molecule has 0 heterocycles. The van der Waals surface area contributed by atoms with Crippen LogP contribution in [0.4, 0.5) is 0 Å². The van der Waals surface area contributed by atoms with Gasteiger partial charge in [-0.25, -0.2) is 0 Å². The number of carbonyl (C=O) groups is 1. The van der Waals surface area contributed by atoms with Crippen molar-refractivity contribution in [3.8, 4) is 0 Å². The average molecular weight is 278 g/mol. The van der Waals surface area contributed by atoms with Crippen molar-refractivity contribution in [2.24, 2.45) is 5.92 Å². The van der Waals surface area contributed by atoms with E-state index in [-0.39, 0.29) is 11.9 Å². The number of rotatable bonds is 5. The molecule has 0 aliphatic heterocycles. The highest BCUT2D eigenvalue weighted by molar-refractivity contribution is 6.69.